The van der Waals surface area contributed by atoms with Gasteiger partial charge in [0.2, 0.25) is 15.8 Å². The van der Waals surface area contributed by atoms with Crippen molar-refractivity contribution >= 4 is 15.7 Å². The van der Waals surface area contributed by atoms with Crippen molar-refractivity contribution in [1.82, 2.24) is 4.31 Å². The van der Waals surface area contributed by atoms with Gasteiger partial charge in [-0.15, -0.1) is 0 Å². The van der Waals surface area contributed by atoms with Crippen LogP contribution in [0, 0.1) is 0 Å². The van der Waals surface area contributed by atoms with E-state index in [-0.39, 0.29) is 0 Å². The third-order valence-corrected chi connectivity index (χ3v) is 5.03. The van der Waals surface area contributed by atoms with Gasteiger partial charge in [-0.1, -0.05) is 0 Å². The molecule has 0 N–H and O–H groups in total. The molecule has 0 unspecified atom stereocenters. The zero-order valence-corrected chi connectivity index (χ0v) is 14.1. The van der Waals surface area contributed by atoms with Gasteiger partial charge in [-0.3, -0.25) is 0 Å². The van der Waals surface area contributed by atoms with E-state index in [2.05, 4.69) is 4.90 Å². The van der Waals surface area contributed by atoms with Gasteiger partial charge in [0, 0.05) is 44.0 Å². The Kier molecular flexibility index (Phi) is 5.02. The Morgan fingerprint density at radius 2 is 1.41 bits per heavy atom. The summed E-state index contributed by atoms with van der Waals surface area (Å²) in [5.74, 6) is 1.72. The summed E-state index contributed by atoms with van der Waals surface area (Å²) in [6.45, 7) is 2.17. The summed E-state index contributed by atoms with van der Waals surface area (Å²) in [7, 11) is 1.57. The predicted octanol–water partition coefficient (Wildman–Crippen LogP) is 0.794. The lowest BCUT2D eigenvalue weighted by Crippen LogP contribution is -2.48. The molecule has 1 aromatic rings. The van der Waals surface area contributed by atoms with Crippen LogP contribution in [0.1, 0.15) is 0 Å². The number of sulfonamides is 1. The molecule has 1 aromatic carbocycles. The molecule has 22 heavy (non-hydrogen) atoms. The number of hydrogen-bond donors (Lipinski definition) is 0. The van der Waals surface area contributed by atoms with Crippen molar-refractivity contribution in [3.05, 3.63) is 12.1 Å². The van der Waals surface area contributed by atoms with Gasteiger partial charge in [-0.2, -0.15) is 4.31 Å². The second kappa shape index (κ2) is 6.62. The normalized spacial score (nSPS) is 16.5. The van der Waals surface area contributed by atoms with Crippen LogP contribution >= 0.6 is 0 Å². The second-order valence-corrected chi connectivity index (χ2v) is 7.02. The lowest BCUT2D eigenvalue weighted by atomic mass is 10.2. The molecule has 0 atom stereocenters. The Hall–Kier alpha value is -1.67. The molecule has 1 heterocycles. The summed E-state index contributed by atoms with van der Waals surface area (Å²) >= 11 is 0. The van der Waals surface area contributed by atoms with Crippen LogP contribution in [0.4, 0.5) is 5.69 Å². The monoisotopic (exact) mass is 330 g/mol. The molecule has 1 fully saturated rings. The highest BCUT2D eigenvalue weighted by Crippen LogP contribution is 2.41. The first-order valence-corrected chi connectivity index (χ1v) is 8.75. The number of ether oxygens (including phenoxy) is 3. The largest absolute Gasteiger partial charge is 0.493 e. The van der Waals surface area contributed by atoms with Crippen LogP contribution in [0.3, 0.4) is 0 Å². The third-order valence-electron chi connectivity index (χ3n) is 3.72. The van der Waals surface area contributed by atoms with Gasteiger partial charge in [0.05, 0.1) is 27.6 Å². The van der Waals surface area contributed by atoms with Gasteiger partial charge in [0.15, 0.2) is 11.5 Å². The molecule has 0 saturated carbocycles. The van der Waals surface area contributed by atoms with Crippen molar-refractivity contribution in [2.24, 2.45) is 0 Å². The first kappa shape index (κ1) is 16.7. The molecule has 1 aliphatic heterocycles. The predicted molar refractivity (Wildman–Crippen MR) is 84.7 cm³/mol. The minimum Gasteiger partial charge on any atom is -0.493 e. The van der Waals surface area contributed by atoms with E-state index in [1.165, 1.54) is 10.6 Å². The highest BCUT2D eigenvalue weighted by Gasteiger charge is 2.25. The van der Waals surface area contributed by atoms with Gasteiger partial charge < -0.3 is 19.1 Å². The van der Waals surface area contributed by atoms with E-state index < -0.39 is 10.0 Å². The Morgan fingerprint density at radius 1 is 0.909 bits per heavy atom. The van der Waals surface area contributed by atoms with E-state index >= 15 is 0 Å². The first-order valence-electron chi connectivity index (χ1n) is 6.90. The number of hydrogen-bond acceptors (Lipinski definition) is 6. The fraction of sp³-hybridized carbons (Fsp3) is 0.571. The number of nitrogens with zero attached hydrogens (tertiary/aromatic N) is 2. The van der Waals surface area contributed by atoms with Crippen molar-refractivity contribution in [1.29, 1.82) is 0 Å². The van der Waals surface area contributed by atoms with Crippen molar-refractivity contribution in [2.75, 3.05) is 58.7 Å². The number of methoxy groups -OCH3 is 3. The number of benzene rings is 1. The van der Waals surface area contributed by atoms with E-state index in [1.54, 1.807) is 21.3 Å². The Labute approximate surface area is 131 Å². The molecule has 124 valence electrons. The minimum atomic E-state index is -3.13. The molecule has 0 aliphatic carbocycles. The van der Waals surface area contributed by atoms with Gasteiger partial charge in [0.1, 0.15) is 0 Å². The molecule has 0 spiro atoms. The average molecular weight is 330 g/mol. The lowest BCUT2D eigenvalue weighted by Gasteiger charge is -2.35. The summed E-state index contributed by atoms with van der Waals surface area (Å²) in [5.41, 5.74) is 0.919. The van der Waals surface area contributed by atoms with Crippen molar-refractivity contribution in [3.8, 4) is 17.2 Å². The van der Waals surface area contributed by atoms with E-state index in [9.17, 15) is 8.42 Å². The van der Waals surface area contributed by atoms with Crippen LogP contribution in [0.2, 0.25) is 0 Å². The Bertz CT molecular complexity index is 599. The molecular formula is C14H22N2O5S. The molecule has 0 aromatic heterocycles. The molecule has 1 aliphatic rings. The summed E-state index contributed by atoms with van der Waals surface area (Å²) in [4.78, 5) is 2.10. The fourth-order valence-electron chi connectivity index (χ4n) is 2.53. The Balaban J connectivity index is 2.24. The first-order chi connectivity index (χ1) is 10.4. The quantitative estimate of drug-likeness (QED) is 0.795. The highest BCUT2D eigenvalue weighted by atomic mass is 32.2. The summed E-state index contributed by atoms with van der Waals surface area (Å²) in [5, 5.41) is 0. The van der Waals surface area contributed by atoms with Crippen LogP contribution in [0.5, 0.6) is 17.2 Å². The van der Waals surface area contributed by atoms with Crippen LogP contribution in [0.15, 0.2) is 12.1 Å². The molecule has 8 heteroatoms. The Morgan fingerprint density at radius 3 is 1.77 bits per heavy atom. The van der Waals surface area contributed by atoms with E-state index in [0.717, 1.165) is 5.69 Å². The number of rotatable bonds is 5. The standard InChI is InChI=1S/C14H22N2O5S/c1-19-12-9-11(10-13(20-2)14(12)21-3)15-5-7-16(8-6-15)22(4,17)18/h9-10H,5-8H2,1-4H3. The molecule has 1 saturated heterocycles. The van der Waals surface area contributed by atoms with Crippen LogP contribution in [0.25, 0.3) is 0 Å². The van der Waals surface area contributed by atoms with Crippen LogP contribution in [-0.2, 0) is 10.0 Å². The fourth-order valence-corrected chi connectivity index (χ4v) is 3.35. The molecular weight excluding hydrogens is 308 g/mol. The minimum absolute atomic E-state index is 0.468. The van der Waals surface area contributed by atoms with Gasteiger partial charge in [-0.05, 0) is 0 Å². The molecule has 7 nitrogen and oxygen atoms in total. The van der Waals surface area contributed by atoms with E-state index in [0.29, 0.717) is 43.4 Å². The SMILES string of the molecule is COc1cc(N2CCN(S(C)(=O)=O)CC2)cc(OC)c1OC. The molecule has 0 amide bonds. The maximum Gasteiger partial charge on any atom is 0.211 e. The van der Waals surface area contributed by atoms with Crippen molar-refractivity contribution in [2.45, 2.75) is 0 Å². The zero-order chi connectivity index (χ0) is 16.3. The topological polar surface area (TPSA) is 68.3 Å². The maximum absolute atomic E-state index is 11.6. The molecule has 2 rings (SSSR count). The third kappa shape index (κ3) is 3.38. The summed E-state index contributed by atoms with van der Waals surface area (Å²) < 4.78 is 40.6. The average Bonchev–Trinajstić information content (AvgIpc) is 2.52. The van der Waals surface area contributed by atoms with Gasteiger partial charge in [0.25, 0.3) is 0 Å². The van der Waals surface area contributed by atoms with Gasteiger partial charge >= 0.3 is 0 Å². The zero-order valence-electron chi connectivity index (χ0n) is 13.3. The lowest BCUT2D eigenvalue weighted by molar-refractivity contribution is 0.324. The van der Waals surface area contributed by atoms with Gasteiger partial charge in [-0.25, -0.2) is 8.42 Å². The molecule has 0 bridgehead atoms. The van der Waals surface area contributed by atoms with Crippen LogP contribution < -0.4 is 19.1 Å². The van der Waals surface area contributed by atoms with Crippen LogP contribution in [-0.4, -0.2) is 66.5 Å². The van der Waals surface area contributed by atoms with Crippen molar-refractivity contribution in [3.63, 3.8) is 0 Å². The number of anilines is 1. The van der Waals surface area contributed by atoms with Crippen molar-refractivity contribution < 1.29 is 22.6 Å². The summed E-state index contributed by atoms with van der Waals surface area (Å²) in [6.07, 6.45) is 1.24. The van der Waals surface area contributed by atoms with E-state index in [1.807, 2.05) is 12.1 Å². The smallest absolute Gasteiger partial charge is 0.211 e. The highest BCUT2D eigenvalue weighted by molar-refractivity contribution is 7.88. The van der Waals surface area contributed by atoms with E-state index in [4.69, 9.17) is 14.2 Å². The summed E-state index contributed by atoms with van der Waals surface area (Å²) in [6, 6.07) is 3.74. The molecule has 0 radical (unpaired) electrons. The number of piperazine rings is 1. The second-order valence-electron chi connectivity index (χ2n) is 5.03. The maximum atomic E-state index is 11.6.